The fourth-order valence-electron chi connectivity index (χ4n) is 3.04. The number of hydrogen-bond acceptors (Lipinski definition) is 3. The molecule has 0 bridgehead atoms. The van der Waals surface area contributed by atoms with E-state index in [2.05, 4.69) is 24.1 Å². The van der Waals surface area contributed by atoms with Gasteiger partial charge in [0.2, 0.25) is 5.91 Å². The van der Waals surface area contributed by atoms with Crippen molar-refractivity contribution in [1.82, 2.24) is 10.2 Å². The molecule has 2 atom stereocenters. The molecule has 3 aliphatic rings. The summed E-state index contributed by atoms with van der Waals surface area (Å²) in [5, 5.41) is 4.26. The zero-order chi connectivity index (χ0) is 12.0. The van der Waals surface area contributed by atoms with E-state index in [0.717, 1.165) is 19.4 Å². The average molecular weight is 254 g/mol. The SMILES string of the molecule is CC(C)C1NC2(CC2)C(=O)N1CC1CCCS1. The average Bonchev–Trinajstić information content (AvgIpc) is 2.79. The molecule has 0 aromatic rings. The van der Waals surface area contributed by atoms with Crippen LogP contribution in [0.5, 0.6) is 0 Å². The number of hydrogen-bond donors (Lipinski definition) is 1. The Bertz CT molecular complexity index is 321. The van der Waals surface area contributed by atoms with E-state index >= 15 is 0 Å². The van der Waals surface area contributed by atoms with Gasteiger partial charge in [-0.05, 0) is 37.4 Å². The Morgan fingerprint density at radius 1 is 1.53 bits per heavy atom. The minimum absolute atomic E-state index is 0.141. The van der Waals surface area contributed by atoms with Crippen molar-refractivity contribution in [2.45, 2.75) is 56.5 Å². The van der Waals surface area contributed by atoms with Crippen LogP contribution < -0.4 is 5.32 Å². The van der Waals surface area contributed by atoms with Crippen LogP contribution in [0.15, 0.2) is 0 Å². The van der Waals surface area contributed by atoms with Crippen LogP contribution in [0.4, 0.5) is 0 Å². The van der Waals surface area contributed by atoms with E-state index in [1.807, 2.05) is 11.8 Å². The first-order chi connectivity index (χ1) is 8.12. The molecule has 1 saturated carbocycles. The highest BCUT2D eigenvalue weighted by molar-refractivity contribution is 8.00. The lowest BCUT2D eigenvalue weighted by atomic mass is 10.1. The second kappa shape index (κ2) is 4.16. The predicted octanol–water partition coefficient (Wildman–Crippen LogP) is 1.83. The standard InChI is InChI=1S/C13H22N2OS/c1-9(2)11-14-13(5-6-13)12(16)15(11)8-10-4-3-7-17-10/h9-11,14H,3-8H2,1-2H3. The van der Waals surface area contributed by atoms with Crippen molar-refractivity contribution in [3.8, 4) is 0 Å². The smallest absolute Gasteiger partial charge is 0.244 e. The maximum Gasteiger partial charge on any atom is 0.244 e. The minimum Gasteiger partial charge on any atom is -0.324 e. The number of rotatable bonds is 3. The number of amides is 1. The monoisotopic (exact) mass is 254 g/mol. The fraction of sp³-hybridized carbons (Fsp3) is 0.923. The van der Waals surface area contributed by atoms with Crippen LogP contribution in [0.2, 0.25) is 0 Å². The summed E-state index contributed by atoms with van der Waals surface area (Å²) >= 11 is 2.04. The molecule has 3 fully saturated rings. The molecule has 2 aliphatic heterocycles. The molecular formula is C13H22N2OS. The van der Waals surface area contributed by atoms with Gasteiger partial charge in [0.25, 0.3) is 0 Å². The second-order valence-electron chi connectivity index (χ2n) is 6.01. The molecule has 3 rings (SSSR count). The lowest BCUT2D eigenvalue weighted by molar-refractivity contribution is -0.131. The van der Waals surface area contributed by atoms with Crippen LogP contribution in [-0.4, -0.2) is 40.1 Å². The molecule has 4 heteroatoms. The molecule has 3 nitrogen and oxygen atoms in total. The van der Waals surface area contributed by atoms with Gasteiger partial charge in [-0.25, -0.2) is 0 Å². The molecular weight excluding hydrogens is 232 g/mol. The molecule has 1 aliphatic carbocycles. The Morgan fingerprint density at radius 2 is 2.29 bits per heavy atom. The highest BCUT2D eigenvalue weighted by atomic mass is 32.2. The third kappa shape index (κ3) is 1.99. The predicted molar refractivity (Wildman–Crippen MR) is 70.9 cm³/mol. The van der Waals surface area contributed by atoms with Crippen molar-refractivity contribution in [2.75, 3.05) is 12.3 Å². The first kappa shape index (κ1) is 11.8. The molecule has 0 aromatic heterocycles. The number of nitrogens with one attached hydrogen (secondary N) is 1. The largest absolute Gasteiger partial charge is 0.324 e. The van der Waals surface area contributed by atoms with Crippen molar-refractivity contribution in [1.29, 1.82) is 0 Å². The lowest BCUT2D eigenvalue weighted by Gasteiger charge is -2.29. The number of thioether (sulfide) groups is 1. The quantitative estimate of drug-likeness (QED) is 0.834. The maximum atomic E-state index is 12.4. The lowest BCUT2D eigenvalue weighted by Crippen LogP contribution is -2.44. The Kier molecular flexibility index (Phi) is 2.90. The van der Waals surface area contributed by atoms with E-state index in [0.29, 0.717) is 17.1 Å². The summed E-state index contributed by atoms with van der Waals surface area (Å²) in [7, 11) is 0. The number of carbonyl (C=O) groups is 1. The van der Waals surface area contributed by atoms with Gasteiger partial charge < -0.3 is 4.90 Å². The van der Waals surface area contributed by atoms with Crippen molar-refractivity contribution in [3.63, 3.8) is 0 Å². The van der Waals surface area contributed by atoms with Crippen LogP contribution >= 0.6 is 11.8 Å². The van der Waals surface area contributed by atoms with Crippen LogP contribution in [0.25, 0.3) is 0 Å². The zero-order valence-electron chi connectivity index (χ0n) is 10.7. The summed E-state index contributed by atoms with van der Waals surface area (Å²) in [6, 6.07) is 0. The van der Waals surface area contributed by atoms with Crippen molar-refractivity contribution in [3.05, 3.63) is 0 Å². The molecule has 2 unspecified atom stereocenters. The van der Waals surface area contributed by atoms with Gasteiger partial charge in [-0.15, -0.1) is 0 Å². The Morgan fingerprint density at radius 3 is 2.82 bits per heavy atom. The van der Waals surface area contributed by atoms with Crippen molar-refractivity contribution < 1.29 is 4.79 Å². The number of nitrogens with zero attached hydrogens (tertiary/aromatic N) is 1. The van der Waals surface area contributed by atoms with E-state index in [-0.39, 0.29) is 11.7 Å². The third-order valence-electron chi connectivity index (χ3n) is 4.24. The zero-order valence-corrected chi connectivity index (χ0v) is 11.6. The summed E-state index contributed by atoms with van der Waals surface area (Å²) in [5.74, 6) is 2.16. The minimum atomic E-state index is -0.141. The highest BCUT2D eigenvalue weighted by Crippen LogP contribution is 2.44. The molecule has 1 amide bonds. The topological polar surface area (TPSA) is 32.3 Å². The van der Waals surface area contributed by atoms with E-state index in [1.54, 1.807) is 0 Å². The number of carbonyl (C=O) groups excluding carboxylic acids is 1. The third-order valence-corrected chi connectivity index (χ3v) is 5.62. The summed E-state index contributed by atoms with van der Waals surface area (Å²) < 4.78 is 0. The van der Waals surface area contributed by atoms with Crippen LogP contribution in [-0.2, 0) is 4.79 Å². The molecule has 1 N–H and O–H groups in total. The van der Waals surface area contributed by atoms with E-state index < -0.39 is 0 Å². The summed E-state index contributed by atoms with van der Waals surface area (Å²) in [5.41, 5.74) is -0.141. The first-order valence-corrected chi connectivity index (χ1v) is 7.88. The first-order valence-electron chi connectivity index (χ1n) is 6.83. The Balaban J connectivity index is 1.72. The summed E-state index contributed by atoms with van der Waals surface area (Å²) in [6.45, 7) is 5.38. The van der Waals surface area contributed by atoms with Gasteiger partial charge in [0.1, 0.15) is 0 Å². The Hall–Kier alpha value is -0.220. The van der Waals surface area contributed by atoms with Gasteiger partial charge in [0.05, 0.1) is 11.7 Å². The van der Waals surface area contributed by atoms with Gasteiger partial charge in [-0.1, -0.05) is 13.8 Å². The fourth-order valence-corrected chi connectivity index (χ4v) is 4.30. The van der Waals surface area contributed by atoms with Crippen LogP contribution in [0.3, 0.4) is 0 Å². The maximum absolute atomic E-state index is 12.4. The molecule has 17 heavy (non-hydrogen) atoms. The summed E-state index contributed by atoms with van der Waals surface area (Å²) in [4.78, 5) is 14.6. The summed E-state index contributed by atoms with van der Waals surface area (Å²) in [6.07, 6.45) is 4.97. The molecule has 0 aromatic carbocycles. The normalized spacial score (nSPS) is 35.2. The highest BCUT2D eigenvalue weighted by Gasteiger charge is 2.59. The van der Waals surface area contributed by atoms with Crippen molar-refractivity contribution >= 4 is 17.7 Å². The second-order valence-corrected chi connectivity index (χ2v) is 7.42. The van der Waals surface area contributed by atoms with E-state index in [9.17, 15) is 4.79 Å². The molecule has 1 spiro atoms. The van der Waals surface area contributed by atoms with Gasteiger partial charge >= 0.3 is 0 Å². The van der Waals surface area contributed by atoms with Crippen LogP contribution in [0.1, 0.15) is 39.5 Å². The van der Waals surface area contributed by atoms with Gasteiger partial charge in [-0.2, -0.15) is 11.8 Å². The van der Waals surface area contributed by atoms with Gasteiger partial charge in [0, 0.05) is 11.8 Å². The van der Waals surface area contributed by atoms with Crippen LogP contribution in [0, 0.1) is 5.92 Å². The molecule has 2 heterocycles. The van der Waals surface area contributed by atoms with E-state index in [4.69, 9.17) is 0 Å². The van der Waals surface area contributed by atoms with Gasteiger partial charge in [-0.3, -0.25) is 10.1 Å². The Labute approximate surface area is 108 Å². The molecule has 0 radical (unpaired) electrons. The molecule has 2 saturated heterocycles. The van der Waals surface area contributed by atoms with Gasteiger partial charge in [0.15, 0.2) is 0 Å². The van der Waals surface area contributed by atoms with Crippen molar-refractivity contribution in [2.24, 2.45) is 5.92 Å². The molecule has 96 valence electrons. The van der Waals surface area contributed by atoms with E-state index in [1.165, 1.54) is 18.6 Å².